The lowest BCUT2D eigenvalue weighted by Crippen LogP contribution is -2.00. The summed E-state index contributed by atoms with van der Waals surface area (Å²) in [7, 11) is 0. The molecule has 0 bridgehead atoms. The molecule has 0 spiro atoms. The third kappa shape index (κ3) is 4.07. The van der Waals surface area contributed by atoms with Gasteiger partial charge in [-0.2, -0.15) is 0 Å². The molecule has 21 heavy (non-hydrogen) atoms. The van der Waals surface area contributed by atoms with Crippen LogP contribution < -0.4 is 5.32 Å². The molecule has 0 radical (unpaired) electrons. The van der Waals surface area contributed by atoms with E-state index < -0.39 is 5.97 Å². The van der Waals surface area contributed by atoms with Gasteiger partial charge in [-0.1, -0.05) is 23.7 Å². The van der Waals surface area contributed by atoms with Crippen molar-refractivity contribution in [2.75, 3.05) is 5.32 Å². The van der Waals surface area contributed by atoms with Gasteiger partial charge < -0.3 is 10.4 Å². The number of ketones is 1. The van der Waals surface area contributed by atoms with E-state index in [-0.39, 0.29) is 12.2 Å². The normalized spacial score (nSPS) is 10.2. The largest absolute Gasteiger partial charge is 0.481 e. The number of anilines is 2. The second-order valence-corrected chi connectivity index (χ2v) is 5.05. The highest BCUT2D eigenvalue weighted by atomic mass is 35.5. The smallest absolute Gasteiger partial charge is 0.307 e. The number of halogens is 1. The number of carbonyl (C=O) groups is 2. The van der Waals surface area contributed by atoms with Gasteiger partial charge in [0, 0.05) is 11.3 Å². The molecule has 108 valence electrons. The number of hydrogen-bond donors (Lipinski definition) is 2. The minimum Gasteiger partial charge on any atom is -0.481 e. The number of hydrogen-bond acceptors (Lipinski definition) is 3. The van der Waals surface area contributed by atoms with Crippen molar-refractivity contribution in [2.45, 2.75) is 13.3 Å². The topological polar surface area (TPSA) is 66.4 Å². The highest BCUT2D eigenvalue weighted by Crippen LogP contribution is 2.27. The lowest BCUT2D eigenvalue weighted by molar-refractivity contribution is -0.136. The average Bonchev–Trinajstić information content (AvgIpc) is 2.42. The maximum Gasteiger partial charge on any atom is 0.307 e. The monoisotopic (exact) mass is 303 g/mol. The fraction of sp³-hybridized carbons (Fsp3) is 0.125. The third-order valence-corrected chi connectivity index (χ3v) is 3.29. The minimum absolute atomic E-state index is 0.0130. The van der Waals surface area contributed by atoms with Crippen LogP contribution in [0.4, 0.5) is 11.4 Å². The van der Waals surface area contributed by atoms with Gasteiger partial charge in [-0.3, -0.25) is 9.59 Å². The molecule has 0 heterocycles. The first-order chi connectivity index (χ1) is 9.95. The van der Waals surface area contributed by atoms with Crippen LogP contribution in [-0.4, -0.2) is 16.9 Å². The Kier molecular flexibility index (Phi) is 4.60. The van der Waals surface area contributed by atoms with Crippen LogP contribution in [0.1, 0.15) is 22.8 Å². The van der Waals surface area contributed by atoms with E-state index in [0.717, 1.165) is 11.3 Å². The van der Waals surface area contributed by atoms with Crippen LogP contribution >= 0.6 is 11.6 Å². The van der Waals surface area contributed by atoms with E-state index in [1.807, 2.05) is 0 Å². The summed E-state index contributed by atoms with van der Waals surface area (Å²) in [6.07, 6.45) is -0.0130. The SMILES string of the molecule is CC(=O)c1ccc(Cl)c(Nc2ccc(CC(=O)O)cc2)c1. The molecule has 0 saturated heterocycles. The first-order valence-corrected chi connectivity index (χ1v) is 6.72. The summed E-state index contributed by atoms with van der Waals surface area (Å²) < 4.78 is 0. The zero-order valence-electron chi connectivity index (χ0n) is 11.4. The molecule has 0 aliphatic heterocycles. The van der Waals surface area contributed by atoms with Gasteiger partial charge >= 0.3 is 5.97 Å². The first-order valence-electron chi connectivity index (χ1n) is 6.34. The van der Waals surface area contributed by atoms with Gasteiger partial charge in [-0.05, 0) is 42.8 Å². The van der Waals surface area contributed by atoms with Crippen molar-refractivity contribution in [3.63, 3.8) is 0 Å². The minimum atomic E-state index is -0.868. The fourth-order valence-electron chi connectivity index (χ4n) is 1.88. The van der Waals surface area contributed by atoms with Crippen molar-refractivity contribution >= 4 is 34.7 Å². The highest BCUT2D eigenvalue weighted by molar-refractivity contribution is 6.33. The Morgan fingerprint density at radius 3 is 2.38 bits per heavy atom. The average molecular weight is 304 g/mol. The van der Waals surface area contributed by atoms with Crippen LogP contribution in [0.5, 0.6) is 0 Å². The molecule has 0 aromatic heterocycles. The molecule has 0 aliphatic carbocycles. The highest BCUT2D eigenvalue weighted by Gasteiger charge is 2.06. The van der Waals surface area contributed by atoms with Crippen LogP contribution in [0.3, 0.4) is 0 Å². The lowest BCUT2D eigenvalue weighted by atomic mass is 10.1. The van der Waals surface area contributed by atoms with Crippen molar-refractivity contribution in [3.05, 3.63) is 58.6 Å². The van der Waals surface area contributed by atoms with E-state index in [2.05, 4.69) is 5.32 Å². The molecule has 2 rings (SSSR count). The van der Waals surface area contributed by atoms with Crippen LogP contribution in [0, 0.1) is 0 Å². The van der Waals surface area contributed by atoms with Crippen molar-refractivity contribution in [1.29, 1.82) is 0 Å². The second kappa shape index (κ2) is 6.41. The number of rotatable bonds is 5. The first kappa shape index (κ1) is 15.1. The fourth-order valence-corrected chi connectivity index (χ4v) is 2.04. The summed E-state index contributed by atoms with van der Waals surface area (Å²) >= 11 is 6.10. The molecule has 2 aromatic rings. The van der Waals surface area contributed by atoms with Crippen LogP contribution in [0.15, 0.2) is 42.5 Å². The van der Waals surface area contributed by atoms with Crippen LogP contribution in [0.2, 0.25) is 5.02 Å². The summed E-state index contributed by atoms with van der Waals surface area (Å²) in [5.74, 6) is -0.903. The Balaban J connectivity index is 2.19. The standard InChI is InChI=1S/C16H14ClNO3/c1-10(19)12-4-7-14(17)15(9-12)18-13-5-2-11(3-6-13)8-16(20)21/h2-7,9,18H,8H2,1H3,(H,20,21). The molecule has 5 heteroatoms. The maximum absolute atomic E-state index is 11.4. The predicted molar refractivity (Wildman–Crippen MR) is 82.5 cm³/mol. The van der Waals surface area contributed by atoms with Crippen molar-refractivity contribution in [1.82, 2.24) is 0 Å². The summed E-state index contributed by atoms with van der Waals surface area (Å²) in [5, 5.41) is 12.4. The van der Waals surface area contributed by atoms with Crippen molar-refractivity contribution in [3.8, 4) is 0 Å². The quantitative estimate of drug-likeness (QED) is 0.822. The van der Waals surface area contributed by atoms with E-state index in [9.17, 15) is 9.59 Å². The molecule has 2 aromatic carbocycles. The maximum atomic E-state index is 11.4. The van der Waals surface area contributed by atoms with Gasteiger partial charge in [0.1, 0.15) is 0 Å². The Morgan fingerprint density at radius 1 is 1.14 bits per heavy atom. The van der Waals surface area contributed by atoms with E-state index in [4.69, 9.17) is 16.7 Å². The summed E-state index contributed by atoms with van der Waals surface area (Å²) in [4.78, 5) is 22.0. The second-order valence-electron chi connectivity index (χ2n) is 4.64. The van der Waals surface area contributed by atoms with E-state index in [0.29, 0.717) is 16.3 Å². The molecule has 0 amide bonds. The van der Waals surface area contributed by atoms with Crippen LogP contribution in [-0.2, 0) is 11.2 Å². The number of carboxylic acids is 1. The number of benzene rings is 2. The van der Waals surface area contributed by atoms with E-state index in [1.54, 1.807) is 42.5 Å². The third-order valence-electron chi connectivity index (χ3n) is 2.96. The van der Waals surface area contributed by atoms with Crippen molar-refractivity contribution < 1.29 is 14.7 Å². The number of Topliss-reactive ketones (excluding diaryl/α,β-unsaturated/α-hetero) is 1. The van der Waals surface area contributed by atoms with Gasteiger partial charge in [0.2, 0.25) is 0 Å². The van der Waals surface area contributed by atoms with Gasteiger partial charge in [-0.25, -0.2) is 0 Å². The Hall–Kier alpha value is -2.33. The summed E-state index contributed by atoms with van der Waals surface area (Å²) in [6, 6.07) is 12.0. The van der Waals surface area contributed by atoms with Gasteiger partial charge in [-0.15, -0.1) is 0 Å². The molecule has 0 aliphatic rings. The van der Waals surface area contributed by atoms with E-state index >= 15 is 0 Å². The molecule has 0 atom stereocenters. The van der Waals surface area contributed by atoms with Gasteiger partial charge in [0.25, 0.3) is 0 Å². The van der Waals surface area contributed by atoms with Crippen molar-refractivity contribution in [2.24, 2.45) is 0 Å². The zero-order valence-corrected chi connectivity index (χ0v) is 12.1. The molecule has 0 fully saturated rings. The Morgan fingerprint density at radius 2 is 1.81 bits per heavy atom. The van der Waals surface area contributed by atoms with E-state index in [1.165, 1.54) is 6.92 Å². The summed E-state index contributed by atoms with van der Waals surface area (Å²) in [6.45, 7) is 1.49. The molecular weight excluding hydrogens is 290 g/mol. The van der Waals surface area contributed by atoms with Gasteiger partial charge in [0.15, 0.2) is 5.78 Å². The van der Waals surface area contributed by atoms with Crippen LogP contribution in [0.25, 0.3) is 0 Å². The van der Waals surface area contributed by atoms with Gasteiger partial charge in [0.05, 0.1) is 17.1 Å². The summed E-state index contributed by atoms with van der Waals surface area (Å²) in [5.41, 5.74) is 2.70. The zero-order chi connectivity index (χ0) is 15.4. The Bertz CT molecular complexity index is 680. The molecular formula is C16H14ClNO3. The molecule has 2 N–H and O–H groups in total. The number of aliphatic carboxylic acids is 1. The number of carboxylic acid groups (broad SMARTS) is 1. The number of carbonyl (C=O) groups excluding carboxylic acids is 1. The number of nitrogens with one attached hydrogen (secondary N) is 1. The molecule has 0 saturated carbocycles. The predicted octanol–water partition coefficient (Wildman–Crippen LogP) is 3.91. The molecule has 4 nitrogen and oxygen atoms in total. The lowest BCUT2D eigenvalue weighted by Gasteiger charge is -2.10. The Labute approximate surface area is 127 Å². The molecule has 0 unspecified atom stereocenters.